The molecule has 0 amide bonds. The predicted octanol–water partition coefficient (Wildman–Crippen LogP) is 4.41. The highest BCUT2D eigenvalue weighted by Gasteiger charge is 2.19. The van der Waals surface area contributed by atoms with Crippen molar-refractivity contribution in [3.8, 4) is 5.75 Å². The van der Waals surface area contributed by atoms with Crippen LogP contribution in [0.4, 0.5) is 0 Å². The Bertz CT molecular complexity index is 945. The average molecular weight is 431 g/mol. The Balaban J connectivity index is 2.30. The van der Waals surface area contributed by atoms with Gasteiger partial charge >= 0.3 is 5.97 Å². The van der Waals surface area contributed by atoms with Crippen molar-refractivity contribution in [3.05, 3.63) is 62.6 Å². The Morgan fingerprint density at radius 3 is 2.19 bits per heavy atom. The van der Waals surface area contributed by atoms with E-state index >= 15 is 0 Å². The molecule has 0 unspecified atom stereocenters. The molecule has 2 N–H and O–H groups in total. The number of halogens is 2. The van der Waals surface area contributed by atoms with E-state index < -0.39 is 27.3 Å². The van der Waals surface area contributed by atoms with E-state index in [1.807, 2.05) is 19.9 Å². The molecule has 0 heterocycles. The molecule has 0 fully saturated rings. The lowest BCUT2D eigenvalue weighted by atomic mass is 9.96. The first-order valence-electron chi connectivity index (χ1n) is 8.19. The third-order valence-corrected chi connectivity index (χ3v) is 6.16. The van der Waals surface area contributed by atoms with Crippen LogP contribution in [0, 0.1) is 0 Å². The number of phenols is 1. The summed E-state index contributed by atoms with van der Waals surface area (Å²) in [6, 6.07) is 8.27. The maximum absolute atomic E-state index is 11.9. The number of rotatable bonds is 7. The summed E-state index contributed by atoms with van der Waals surface area (Å²) >= 11 is 12.6. The van der Waals surface area contributed by atoms with Crippen molar-refractivity contribution in [1.82, 2.24) is 0 Å². The first kappa shape index (κ1) is 21.5. The highest BCUT2D eigenvalue weighted by atomic mass is 35.5. The SMILES string of the molecule is CC(C)c1cc(Cc2c(Cl)cc(CS(=O)(=O)CC(=O)O)cc2Cl)ccc1O. The molecule has 0 aliphatic heterocycles. The van der Waals surface area contributed by atoms with Crippen molar-refractivity contribution < 1.29 is 23.4 Å². The minimum Gasteiger partial charge on any atom is -0.508 e. The zero-order chi connectivity index (χ0) is 20.4. The molecule has 0 saturated heterocycles. The molecule has 8 heteroatoms. The van der Waals surface area contributed by atoms with E-state index in [4.69, 9.17) is 28.3 Å². The number of benzene rings is 2. The van der Waals surface area contributed by atoms with Gasteiger partial charge in [0.1, 0.15) is 11.5 Å². The molecular formula is C19H20Cl2O5S. The second kappa shape index (κ2) is 8.50. The molecule has 2 aromatic carbocycles. The highest BCUT2D eigenvalue weighted by Crippen LogP contribution is 2.32. The standard InChI is InChI=1S/C19H20Cl2O5S/c1-11(2)14-5-12(3-4-18(14)22)6-15-16(20)7-13(8-17(15)21)9-27(25,26)10-19(23)24/h3-5,7-8,11,22H,6,9-10H2,1-2H3,(H,23,24). The molecule has 5 nitrogen and oxygen atoms in total. The van der Waals surface area contributed by atoms with E-state index in [-0.39, 0.29) is 11.7 Å². The van der Waals surface area contributed by atoms with Crippen LogP contribution in [0.15, 0.2) is 30.3 Å². The molecule has 2 aromatic rings. The van der Waals surface area contributed by atoms with Gasteiger partial charge in [-0.1, -0.05) is 49.2 Å². The maximum Gasteiger partial charge on any atom is 0.318 e. The number of hydrogen-bond donors (Lipinski definition) is 2. The van der Waals surface area contributed by atoms with Gasteiger partial charge in [-0.2, -0.15) is 0 Å². The lowest BCUT2D eigenvalue weighted by Crippen LogP contribution is -2.17. The second-order valence-electron chi connectivity index (χ2n) is 6.69. The van der Waals surface area contributed by atoms with Crippen LogP contribution in [0.5, 0.6) is 5.75 Å². The van der Waals surface area contributed by atoms with Crippen molar-refractivity contribution in [2.75, 3.05) is 5.75 Å². The molecule has 0 aliphatic carbocycles. The molecule has 27 heavy (non-hydrogen) atoms. The van der Waals surface area contributed by atoms with Crippen LogP contribution < -0.4 is 0 Å². The van der Waals surface area contributed by atoms with E-state index in [1.165, 1.54) is 12.1 Å². The molecule has 0 spiro atoms. The molecule has 0 saturated carbocycles. The number of carbonyl (C=O) groups is 1. The average Bonchev–Trinajstić information content (AvgIpc) is 2.50. The molecular weight excluding hydrogens is 411 g/mol. The van der Waals surface area contributed by atoms with Crippen LogP contribution in [0.25, 0.3) is 0 Å². The van der Waals surface area contributed by atoms with Gasteiger partial charge in [-0.3, -0.25) is 4.79 Å². The number of carboxylic acid groups (broad SMARTS) is 1. The van der Waals surface area contributed by atoms with Crippen molar-refractivity contribution in [2.45, 2.75) is 31.9 Å². The minimum atomic E-state index is -3.80. The van der Waals surface area contributed by atoms with Crippen LogP contribution in [-0.4, -0.2) is 30.4 Å². The number of sulfone groups is 1. The summed E-state index contributed by atoms with van der Waals surface area (Å²) in [7, 11) is -3.80. The Kier molecular flexibility index (Phi) is 6.78. The van der Waals surface area contributed by atoms with Crippen molar-refractivity contribution >= 4 is 39.0 Å². The predicted molar refractivity (Wildman–Crippen MR) is 107 cm³/mol. The molecule has 0 aromatic heterocycles. The summed E-state index contributed by atoms with van der Waals surface area (Å²) in [6.45, 7) is 3.95. The Labute approximate surface area is 168 Å². The van der Waals surface area contributed by atoms with Gasteiger partial charge in [-0.15, -0.1) is 0 Å². The summed E-state index contributed by atoms with van der Waals surface area (Å²) in [5.74, 6) is -2.43. The van der Waals surface area contributed by atoms with Gasteiger partial charge in [0, 0.05) is 16.5 Å². The largest absolute Gasteiger partial charge is 0.508 e. The van der Waals surface area contributed by atoms with Crippen LogP contribution >= 0.6 is 23.2 Å². The molecule has 0 atom stereocenters. The van der Waals surface area contributed by atoms with Gasteiger partial charge in [-0.05, 0) is 46.4 Å². The van der Waals surface area contributed by atoms with Gasteiger partial charge in [0.2, 0.25) is 0 Å². The van der Waals surface area contributed by atoms with E-state index in [1.54, 1.807) is 12.1 Å². The fourth-order valence-corrected chi connectivity index (χ4v) is 4.60. The summed E-state index contributed by atoms with van der Waals surface area (Å²) in [4.78, 5) is 10.6. The molecule has 2 rings (SSSR count). The van der Waals surface area contributed by atoms with Gasteiger partial charge in [0.15, 0.2) is 9.84 Å². The van der Waals surface area contributed by atoms with Crippen LogP contribution in [0.3, 0.4) is 0 Å². The Morgan fingerprint density at radius 1 is 1.07 bits per heavy atom. The van der Waals surface area contributed by atoms with Crippen LogP contribution in [0.1, 0.15) is 42.0 Å². The van der Waals surface area contributed by atoms with Gasteiger partial charge in [0.25, 0.3) is 0 Å². The molecule has 0 aliphatic rings. The monoisotopic (exact) mass is 430 g/mol. The number of aliphatic carboxylic acids is 1. The minimum absolute atomic E-state index is 0.151. The second-order valence-corrected chi connectivity index (χ2v) is 9.57. The number of hydrogen-bond acceptors (Lipinski definition) is 4. The number of aromatic hydroxyl groups is 1. The summed E-state index contributed by atoms with van der Waals surface area (Å²) in [5.41, 5.74) is 2.70. The van der Waals surface area contributed by atoms with E-state index in [0.717, 1.165) is 11.1 Å². The number of phenolic OH excluding ortho intramolecular Hbond substituents is 1. The van der Waals surface area contributed by atoms with Crippen LogP contribution in [0.2, 0.25) is 10.0 Å². The third-order valence-electron chi connectivity index (χ3n) is 4.03. The maximum atomic E-state index is 11.9. The molecule has 146 valence electrons. The first-order valence-corrected chi connectivity index (χ1v) is 10.8. The third kappa shape index (κ3) is 5.86. The molecule has 0 radical (unpaired) electrons. The topological polar surface area (TPSA) is 91.7 Å². The lowest BCUT2D eigenvalue weighted by molar-refractivity contribution is -0.134. The quantitative estimate of drug-likeness (QED) is 0.678. The lowest BCUT2D eigenvalue weighted by Gasteiger charge is -2.13. The van der Waals surface area contributed by atoms with Gasteiger partial charge in [-0.25, -0.2) is 8.42 Å². The fourth-order valence-electron chi connectivity index (χ4n) is 2.78. The normalized spacial score (nSPS) is 11.7. The van der Waals surface area contributed by atoms with E-state index in [0.29, 0.717) is 27.6 Å². The van der Waals surface area contributed by atoms with Crippen molar-refractivity contribution in [3.63, 3.8) is 0 Å². The Morgan fingerprint density at radius 2 is 1.67 bits per heavy atom. The first-order chi connectivity index (χ1) is 12.5. The van der Waals surface area contributed by atoms with Crippen LogP contribution in [-0.2, 0) is 26.8 Å². The summed E-state index contributed by atoms with van der Waals surface area (Å²) in [5, 5.41) is 19.2. The highest BCUT2D eigenvalue weighted by molar-refractivity contribution is 7.91. The molecule has 0 bridgehead atoms. The Hall–Kier alpha value is -1.76. The van der Waals surface area contributed by atoms with Crippen molar-refractivity contribution in [2.24, 2.45) is 0 Å². The fraction of sp³-hybridized carbons (Fsp3) is 0.316. The van der Waals surface area contributed by atoms with Gasteiger partial charge in [0.05, 0.1) is 5.75 Å². The summed E-state index contributed by atoms with van der Waals surface area (Å²) < 4.78 is 23.7. The van der Waals surface area contributed by atoms with E-state index in [9.17, 15) is 18.3 Å². The van der Waals surface area contributed by atoms with Gasteiger partial charge < -0.3 is 10.2 Å². The van der Waals surface area contributed by atoms with Crippen molar-refractivity contribution in [1.29, 1.82) is 0 Å². The van der Waals surface area contributed by atoms with E-state index in [2.05, 4.69) is 0 Å². The number of carboxylic acids is 1. The summed E-state index contributed by atoms with van der Waals surface area (Å²) in [6.07, 6.45) is 0.416. The zero-order valence-electron chi connectivity index (χ0n) is 14.9. The smallest absolute Gasteiger partial charge is 0.318 e. The zero-order valence-corrected chi connectivity index (χ0v) is 17.2.